The highest BCUT2D eigenvalue weighted by Crippen LogP contribution is 2.44. The number of aromatic nitrogens is 4. The van der Waals surface area contributed by atoms with Crippen molar-refractivity contribution in [3.05, 3.63) is 312 Å². The molecular weight excluding hydrogens is 1330 g/mol. The standard InChI is InChI=1S/C25H22NS.C24H20NS.2C23H18NS/c1-15-5-8-19(17(3)11-15)22-13-24-21(14-26(22)4)25-20-9-6-16(2)12-18(20)7-10-23(25)27-24;1-15-8-10-19-17(12-15)9-11-22-24(19)20-14-25(3)21(13-23(20)26-22)18-7-5-4-6-16(18)2;1-15-7-3-5-9-17(15)20-13-22-19(14-24(20)2)23-18-10-6-4-8-16(18)11-12-21(23)25-22;1-15-7-3-5-9-17(15)20-13-19-22(14-24(20)2)25-21-12-11-16-8-4-6-10-18(16)23(19)21/h5-14H,1-4H3;4-14H,1-3H3;2*3-14H,1-2H3/q4*+1/i1D3;;;. The van der Waals surface area contributed by atoms with Crippen molar-refractivity contribution >= 4 is 169 Å². The minimum absolute atomic E-state index is 0.385. The van der Waals surface area contributed by atoms with Gasteiger partial charge in [-0.2, -0.15) is 4.57 Å². The predicted octanol–water partition coefficient (Wildman–Crippen LogP) is 25.0. The van der Waals surface area contributed by atoms with E-state index >= 15 is 0 Å². The van der Waals surface area contributed by atoms with Crippen LogP contribution in [0, 0.1) is 48.4 Å². The van der Waals surface area contributed by atoms with Crippen molar-refractivity contribution in [1.82, 2.24) is 0 Å². The van der Waals surface area contributed by atoms with E-state index in [0.717, 1.165) is 16.8 Å². The van der Waals surface area contributed by atoms with Crippen molar-refractivity contribution in [2.24, 2.45) is 28.2 Å². The molecule has 0 amide bonds. The average molecular weight is 1410 g/mol. The molecule has 12 aromatic carbocycles. The molecule has 0 radical (unpaired) electrons. The normalized spacial score (nSPS) is 12.2. The molecule has 498 valence electrons. The molecule has 103 heavy (non-hydrogen) atoms. The second-order valence-corrected chi connectivity index (χ2v) is 32.1. The van der Waals surface area contributed by atoms with E-state index in [1.807, 2.05) is 58.3 Å². The third-order valence-corrected chi connectivity index (χ3v) is 25.2. The summed E-state index contributed by atoms with van der Waals surface area (Å²) in [6.45, 7) is 10.7. The van der Waals surface area contributed by atoms with Crippen LogP contribution in [0.4, 0.5) is 0 Å². The molecule has 0 aliphatic carbocycles. The number of thiophene rings is 4. The molecule has 4 nitrogen and oxygen atoms in total. The van der Waals surface area contributed by atoms with Gasteiger partial charge in [-0.1, -0.05) is 193 Å². The highest BCUT2D eigenvalue weighted by Gasteiger charge is 2.24. The van der Waals surface area contributed by atoms with Crippen molar-refractivity contribution in [2.75, 3.05) is 0 Å². The Labute approximate surface area is 621 Å². The van der Waals surface area contributed by atoms with Gasteiger partial charge in [0.2, 0.25) is 22.8 Å². The van der Waals surface area contributed by atoms with E-state index in [0.29, 0.717) is 5.56 Å². The summed E-state index contributed by atoms with van der Waals surface area (Å²) in [4.78, 5) is 0. The van der Waals surface area contributed by atoms with Gasteiger partial charge in [0.25, 0.3) is 0 Å². The summed E-state index contributed by atoms with van der Waals surface area (Å²) in [5.74, 6) is 0. The van der Waals surface area contributed by atoms with Crippen LogP contribution in [0.15, 0.2) is 274 Å². The fourth-order valence-corrected chi connectivity index (χ4v) is 20.1. The van der Waals surface area contributed by atoms with Crippen LogP contribution in [0.3, 0.4) is 0 Å². The number of aryl methyl sites for hydroxylation is 11. The highest BCUT2D eigenvalue weighted by molar-refractivity contribution is 7.27. The van der Waals surface area contributed by atoms with E-state index in [4.69, 9.17) is 4.11 Å². The molecule has 0 saturated heterocycles. The largest absolute Gasteiger partial charge is 0.213 e. The molecule has 0 bridgehead atoms. The first-order chi connectivity index (χ1) is 51.3. The fraction of sp³-hybridized carbons (Fsp3) is 0.116. The number of rotatable bonds is 4. The summed E-state index contributed by atoms with van der Waals surface area (Å²) < 4.78 is 42.6. The molecule has 0 spiro atoms. The molecular formula is C95H78N4S4+4. The lowest BCUT2D eigenvalue weighted by Gasteiger charge is -2.06. The first kappa shape index (κ1) is 62.0. The molecule has 0 atom stereocenters. The van der Waals surface area contributed by atoms with Crippen LogP contribution < -0.4 is 18.3 Å². The van der Waals surface area contributed by atoms with Crippen LogP contribution in [0.5, 0.6) is 0 Å². The van der Waals surface area contributed by atoms with Gasteiger partial charge in [-0.3, -0.25) is 0 Å². The topological polar surface area (TPSA) is 15.5 Å². The van der Waals surface area contributed by atoms with Gasteiger partial charge < -0.3 is 0 Å². The van der Waals surface area contributed by atoms with Crippen molar-refractivity contribution in [3.63, 3.8) is 0 Å². The minimum atomic E-state index is -2.08. The summed E-state index contributed by atoms with van der Waals surface area (Å²) >= 11 is 7.46. The molecule has 8 heterocycles. The average Bonchev–Trinajstić information content (AvgIpc) is 1.62. The first-order valence-electron chi connectivity index (χ1n) is 36.6. The molecule has 8 heteroatoms. The van der Waals surface area contributed by atoms with Crippen molar-refractivity contribution < 1.29 is 22.4 Å². The van der Waals surface area contributed by atoms with Gasteiger partial charge >= 0.3 is 0 Å². The maximum absolute atomic E-state index is 7.67. The second-order valence-electron chi connectivity index (χ2n) is 27.7. The Hall–Kier alpha value is -10.8. The Balaban J connectivity index is 0.000000104. The van der Waals surface area contributed by atoms with Crippen LogP contribution >= 0.6 is 45.3 Å². The Morgan fingerprint density at radius 3 is 0.971 bits per heavy atom. The Morgan fingerprint density at radius 1 is 0.233 bits per heavy atom. The van der Waals surface area contributed by atoms with E-state index < -0.39 is 6.85 Å². The summed E-state index contributed by atoms with van der Waals surface area (Å²) in [7, 11) is 8.50. The van der Waals surface area contributed by atoms with E-state index in [2.05, 4.69) is 336 Å². The lowest BCUT2D eigenvalue weighted by Crippen LogP contribution is -2.30. The maximum Gasteiger partial charge on any atom is 0.213 e. The second kappa shape index (κ2) is 26.5. The summed E-state index contributed by atoms with van der Waals surface area (Å²) in [6.07, 6.45) is 9.08. The van der Waals surface area contributed by atoms with E-state index in [9.17, 15) is 0 Å². The molecule has 0 saturated carbocycles. The van der Waals surface area contributed by atoms with Gasteiger partial charge in [0.05, 0.1) is 20.9 Å². The molecule has 20 aromatic rings. The number of fused-ring (bicyclic) bond motifs is 20. The van der Waals surface area contributed by atoms with Crippen LogP contribution in [0.2, 0.25) is 0 Å². The van der Waals surface area contributed by atoms with Crippen molar-refractivity contribution in [3.8, 4) is 45.0 Å². The Morgan fingerprint density at radius 2 is 0.563 bits per heavy atom. The smallest absolute Gasteiger partial charge is 0.200 e. The van der Waals surface area contributed by atoms with Gasteiger partial charge in [-0.05, 0) is 162 Å². The van der Waals surface area contributed by atoms with E-state index in [1.165, 1.54) is 185 Å². The van der Waals surface area contributed by atoms with Crippen molar-refractivity contribution in [2.45, 2.75) is 48.4 Å². The molecule has 0 aliphatic heterocycles. The van der Waals surface area contributed by atoms with E-state index in [-0.39, 0.29) is 0 Å². The van der Waals surface area contributed by atoms with Crippen molar-refractivity contribution in [1.29, 1.82) is 0 Å². The zero-order valence-corrected chi connectivity index (χ0v) is 62.7. The number of benzene rings is 12. The molecule has 0 aliphatic rings. The van der Waals surface area contributed by atoms with Crippen LogP contribution in [-0.2, 0) is 28.2 Å². The van der Waals surface area contributed by atoms with Crippen LogP contribution in [-0.4, -0.2) is 0 Å². The lowest BCUT2D eigenvalue weighted by atomic mass is 10.0. The molecule has 8 aromatic heterocycles. The fourth-order valence-electron chi connectivity index (χ4n) is 15.5. The Kier molecular flexibility index (Phi) is 16.0. The highest BCUT2D eigenvalue weighted by atomic mass is 32.1. The summed E-state index contributed by atoms with van der Waals surface area (Å²) in [6, 6.07) is 89.3. The zero-order valence-electron chi connectivity index (χ0n) is 62.4. The molecule has 0 N–H and O–H groups in total. The monoisotopic (exact) mass is 1410 g/mol. The summed E-state index contributed by atoms with van der Waals surface area (Å²) in [5.41, 5.74) is 17.7. The third kappa shape index (κ3) is 11.9. The maximum atomic E-state index is 7.67. The molecule has 20 rings (SSSR count). The van der Waals surface area contributed by atoms with Gasteiger partial charge in [0, 0.05) is 110 Å². The molecule has 0 unspecified atom stereocenters. The zero-order chi connectivity index (χ0) is 73.0. The van der Waals surface area contributed by atoms with E-state index in [1.54, 1.807) is 12.1 Å². The quantitative estimate of drug-likeness (QED) is 0.156. The van der Waals surface area contributed by atoms with Gasteiger partial charge in [0.1, 0.15) is 28.2 Å². The van der Waals surface area contributed by atoms with Gasteiger partial charge in [-0.15, -0.1) is 45.3 Å². The molecule has 0 fully saturated rings. The predicted molar refractivity (Wildman–Crippen MR) is 447 cm³/mol. The lowest BCUT2D eigenvalue weighted by molar-refractivity contribution is -0.659. The third-order valence-electron chi connectivity index (χ3n) is 20.7. The van der Waals surface area contributed by atoms with Gasteiger partial charge in [-0.25, -0.2) is 13.7 Å². The first-order valence-corrected chi connectivity index (χ1v) is 38.3. The minimum Gasteiger partial charge on any atom is -0.200 e. The number of nitrogens with zero attached hydrogens (tertiary/aromatic N) is 4. The SMILES string of the molecule is Cc1ccc2c(ccc3sc4cc(-c5ccccc5C)[n+](C)cc4c32)c1.Cc1ccccc1-c1cc2c(c[n+]1C)sc1ccc3ccccc3c12.Cc1ccccc1-c1cc2sc3ccc4ccccc4c3c2c[n+]1C.[2H]C([2H])([2H])c1ccc(-c2cc3sc4ccc5cc(C)ccc5c4c3c[n+]2C)c(C)c1. The number of hydrogen-bond donors (Lipinski definition) is 0. The van der Waals surface area contributed by atoms with Crippen LogP contribution in [0.1, 0.15) is 43.1 Å². The summed E-state index contributed by atoms with van der Waals surface area (Å²) in [5, 5.41) is 21.3. The number of pyridine rings is 4. The number of hydrogen-bond acceptors (Lipinski definition) is 4. The van der Waals surface area contributed by atoms with Crippen LogP contribution in [0.25, 0.3) is 169 Å². The van der Waals surface area contributed by atoms with Gasteiger partial charge in [0.15, 0.2) is 24.8 Å². The Bertz CT molecular complexity index is 6970.